The molecule has 14 heavy (non-hydrogen) atoms. The monoisotopic (exact) mass is 215 g/mol. The van der Waals surface area contributed by atoms with Crippen molar-refractivity contribution in [2.45, 2.75) is 6.92 Å². The SMILES string of the molecule is CC(=O)Nc1ccc(C(=O)Cl)cc1F. The number of carbonyl (C=O) groups is 2. The molecule has 0 aliphatic heterocycles. The van der Waals surface area contributed by atoms with Crippen molar-refractivity contribution >= 4 is 28.4 Å². The number of benzene rings is 1. The lowest BCUT2D eigenvalue weighted by Gasteiger charge is -2.03. The first kappa shape index (κ1) is 10.7. The molecule has 0 radical (unpaired) electrons. The van der Waals surface area contributed by atoms with Crippen molar-refractivity contribution in [2.24, 2.45) is 0 Å². The van der Waals surface area contributed by atoms with Crippen LogP contribution in [-0.4, -0.2) is 11.1 Å². The first-order valence-electron chi connectivity index (χ1n) is 3.77. The van der Waals surface area contributed by atoms with E-state index in [0.29, 0.717) is 0 Å². The van der Waals surface area contributed by atoms with Gasteiger partial charge in [0.1, 0.15) is 5.82 Å². The normalized spacial score (nSPS) is 9.64. The maximum Gasteiger partial charge on any atom is 0.252 e. The van der Waals surface area contributed by atoms with Crippen LogP contribution >= 0.6 is 11.6 Å². The molecule has 0 aliphatic rings. The number of hydrogen-bond acceptors (Lipinski definition) is 2. The molecule has 3 nitrogen and oxygen atoms in total. The van der Waals surface area contributed by atoms with Gasteiger partial charge in [-0.15, -0.1) is 0 Å². The summed E-state index contributed by atoms with van der Waals surface area (Å²) in [6, 6.07) is 3.59. The van der Waals surface area contributed by atoms with E-state index in [0.717, 1.165) is 6.07 Å². The van der Waals surface area contributed by atoms with Gasteiger partial charge in [-0.3, -0.25) is 9.59 Å². The lowest BCUT2D eigenvalue weighted by Crippen LogP contribution is -2.07. The van der Waals surface area contributed by atoms with Crippen LogP contribution in [0.15, 0.2) is 18.2 Å². The maximum absolute atomic E-state index is 13.1. The first-order valence-corrected chi connectivity index (χ1v) is 4.15. The van der Waals surface area contributed by atoms with Gasteiger partial charge in [0, 0.05) is 12.5 Å². The second-order valence-electron chi connectivity index (χ2n) is 2.65. The van der Waals surface area contributed by atoms with E-state index >= 15 is 0 Å². The van der Waals surface area contributed by atoms with Gasteiger partial charge >= 0.3 is 0 Å². The number of anilines is 1. The highest BCUT2D eigenvalue weighted by Gasteiger charge is 2.07. The standard InChI is InChI=1S/C9H7ClFNO2/c1-5(13)12-8-3-2-6(9(10)14)4-7(8)11/h2-4H,1H3,(H,12,13). The summed E-state index contributed by atoms with van der Waals surface area (Å²) in [5.41, 5.74) is 0.0810. The molecule has 0 unspecified atom stereocenters. The molecule has 0 spiro atoms. The zero-order chi connectivity index (χ0) is 10.7. The summed E-state index contributed by atoms with van der Waals surface area (Å²) < 4.78 is 13.1. The Hall–Kier alpha value is -1.42. The lowest BCUT2D eigenvalue weighted by atomic mass is 10.2. The smallest absolute Gasteiger partial charge is 0.252 e. The third-order valence-electron chi connectivity index (χ3n) is 1.51. The summed E-state index contributed by atoms with van der Waals surface area (Å²) in [5, 5.41) is 1.53. The van der Waals surface area contributed by atoms with Crippen molar-refractivity contribution < 1.29 is 14.0 Å². The molecule has 1 rings (SSSR count). The van der Waals surface area contributed by atoms with E-state index in [2.05, 4.69) is 5.32 Å². The summed E-state index contributed by atoms with van der Waals surface area (Å²) in [6.07, 6.45) is 0. The minimum absolute atomic E-state index is 0.0270. The minimum atomic E-state index is -0.738. The minimum Gasteiger partial charge on any atom is -0.324 e. The van der Waals surface area contributed by atoms with Crippen molar-refractivity contribution in [1.29, 1.82) is 0 Å². The highest BCUT2D eigenvalue weighted by molar-refractivity contribution is 6.67. The fourth-order valence-corrected chi connectivity index (χ4v) is 1.05. The first-order chi connectivity index (χ1) is 6.50. The zero-order valence-corrected chi connectivity index (χ0v) is 8.06. The van der Waals surface area contributed by atoms with Gasteiger partial charge in [0.05, 0.1) is 5.69 Å². The van der Waals surface area contributed by atoms with Crippen molar-refractivity contribution in [2.75, 3.05) is 5.32 Å². The second-order valence-corrected chi connectivity index (χ2v) is 2.99. The molecule has 0 atom stereocenters. The molecule has 1 aromatic carbocycles. The Morgan fingerprint density at radius 3 is 2.50 bits per heavy atom. The molecule has 1 N–H and O–H groups in total. The predicted molar refractivity (Wildman–Crippen MR) is 50.9 cm³/mol. The van der Waals surface area contributed by atoms with E-state index < -0.39 is 11.1 Å². The molecule has 0 saturated carbocycles. The van der Waals surface area contributed by atoms with E-state index in [-0.39, 0.29) is 17.2 Å². The third-order valence-corrected chi connectivity index (χ3v) is 1.72. The Labute approximate surface area is 84.9 Å². The quantitative estimate of drug-likeness (QED) is 0.769. The highest BCUT2D eigenvalue weighted by Crippen LogP contribution is 2.16. The van der Waals surface area contributed by atoms with Gasteiger partial charge in [0.2, 0.25) is 5.91 Å². The Kier molecular flexibility index (Phi) is 3.19. The lowest BCUT2D eigenvalue weighted by molar-refractivity contribution is -0.114. The molecular formula is C9H7ClFNO2. The van der Waals surface area contributed by atoms with Crippen molar-refractivity contribution in [3.8, 4) is 0 Å². The zero-order valence-electron chi connectivity index (χ0n) is 7.30. The Morgan fingerprint density at radius 2 is 2.07 bits per heavy atom. The number of amides is 1. The van der Waals surface area contributed by atoms with Crippen molar-refractivity contribution in [1.82, 2.24) is 0 Å². The molecule has 74 valence electrons. The van der Waals surface area contributed by atoms with Crippen LogP contribution in [0.1, 0.15) is 17.3 Å². The summed E-state index contributed by atoms with van der Waals surface area (Å²) >= 11 is 5.14. The molecule has 0 bridgehead atoms. The summed E-state index contributed by atoms with van der Waals surface area (Å²) in [4.78, 5) is 21.3. The number of rotatable bonds is 2. The van der Waals surface area contributed by atoms with Gasteiger partial charge in [-0.2, -0.15) is 0 Å². The van der Waals surface area contributed by atoms with Crippen LogP contribution in [-0.2, 0) is 4.79 Å². The molecule has 0 fully saturated rings. The molecule has 1 aromatic rings. The van der Waals surface area contributed by atoms with E-state index in [9.17, 15) is 14.0 Å². The van der Waals surface area contributed by atoms with E-state index in [1.54, 1.807) is 0 Å². The molecule has 0 saturated heterocycles. The van der Waals surface area contributed by atoms with Crippen LogP contribution in [0.3, 0.4) is 0 Å². The molecule has 0 heterocycles. The summed E-state index contributed by atoms with van der Waals surface area (Å²) in [5.74, 6) is -1.07. The Balaban J connectivity index is 3.01. The van der Waals surface area contributed by atoms with Crippen LogP contribution in [0.2, 0.25) is 0 Å². The van der Waals surface area contributed by atoms with Gasteiger partial charge < -0.3 is 5.32 Å². The van der Waals surface area contributed by atoms with Crippen molar-refractivity contribution in [3.05, 3.63) is 29.6 Å². The fraction of sp³-hybridized carbons (Fsp3) is 0.111. The number of nitrogens with one attached hydrogen (secondary N) is 1. The largest absolute Gasteiger partial charge is 0.324 e. The van der Waals surface area contributed by atoms with E-state index in [1.165, 1.54) is 19.1 Å². The molecule has 0 aliphatic carbocycles. The third kappa shape index (κ3) is 2.53. The predicted octanol–water partition coefficient (Wildman–Crippen LogP) is 2.16. The van der Waals surface area contributed by atoms with Crippen LogP contribution in [0.25, 0.3) is 0 Å². The summed E-state index contributed by atoms with van der Waals surface area (Å²) in [6.45, 7) is 1.26. The average Bonchev–Trinajstić information content (AvgIpc) is 2.07. The fourth-order valence-electron chi connectivity index (χ4n) is 0.928. The highest BCUT2D eigenvalue weighted by atomic mass is 35.5. The van der Waals surface area contributed by atoms with E-state index in [1.807, 2.05) is 0 Å². The van der Waals surface area contributed by atoms with Gasteiger partial charge in [0.15, 0.2) is 0 Å². The van der Waals surface area contributed by atoms with Crippen LogP contribution in [0.5, 0.6) is 0 Å². The van der Waals surface area contributed by atoms with E-state index in [4.69, 9.17) is 11.6 Å². The van der Waals surface area contributed by atoms with Crippen molar-refractivity contribution in [3.63, 3.8) is 0 Å². The van der Waals surface area contributed by atoms with Gasteiger partial charge in [-0.05, 0) is 29.8 Å². The van der Waals surface area contributed by atoms with Gasteiger partial charge in [0.25, 0.3) is 5.24 Å². The van der Waals surface area contributed by atoms with Gasteiger partial charge in [-0.25, -0.2) is 4.39 Å². The molecule has 5 heteroatoms. The molecule has 1 amide bonds. The number of carbonyl (C=O) groups excluding carboxylic acids is 2. The molecular weight excluding hydrogens is 209 g/mol. The molecule has 0 aromatic heterocycles. The Bertz CT molecular complexity index is 392. The number of hydrogen-bond donors (Lipinski definition) is 1. The number of halogens is 2. The van der Waals surface area contributed by atoms with Gasteiger partial charge in [-0.1, -0.05) is 0 Å². The second kappa shape index (κ2) is 4.19. The summed E-state index contributed by atoms with van der Waals surface area (Å²) in [7, 11) is 0. The maximum atomic E-state index is 13.1. The van der Waals surface area contributed by atoms with Crippen LogP contribution in [0, 0.1) is 5.82 Å². The Morgan fingerprint density at radius 1 is 1.43 bits per heavy atom. The van der Waals surface area contributed by atoms with Crippen LogP contribution < -0.4 is 5.32 Å². The average molecular weight is 216 g/mol. The van der Waals surface area contributed by atoms with Crippen LogP contribution in [0.4, 0.5) is 10.1 Å². The topological polar surface area (TPSA) is 46.2 Å².